The second-order valence-corrected chi connectivity index (χ2v) is 5.04. The Morgan fingerprint density at radius 1 is 1.25 bits per heavy atom. The highest BCUT2D eigenvalue weighted by Crippen LogP contribution is 2.27. The number of rotatable bonds is 5. The first-order valence-corrected chi connectivity index (χ1v) is 6.83. The number of phenolic OH excluding ortho intramolecular Hbond substituents is 1. The molecule has 0 saturated carbocycles. The van der Waals surface area contributed by atoms with Crippen molar-refractivity contribution >= 4 is 11.6 Å². The van der Waals surface area contributed by atoms with E-state index in [1.54, 1.807) is 13.2 Å². The minimum Gasteiger partial charge on any atom is -0.504 e. The molecule has 0 spiro atoms. The monoisotopic (exact) mass is 291 g/mol. The van der Waals surface area contributed by atoms with Crippen LogP contribution in [0.2, 0.25) is 5.02 Å². The predicted molar refractivity (Wildman–Crippen MR) is 81.4 cm³/mol. The molecule has 2 N–H and O–H groups in total. The molecule has 20 heavy (non-hydrogen) atoms. The third-order valence-corrected chi connectivity index (χ3v) is 3.57. The highest BCUT2D eigenvalue weighted by atomic mass is 35.5. The van der Waals surface area contributed by atoms with E-state index in [1.165, 1.54) is 0 Å². The van der Waals surface area contributed by atoms with Gasteiger partial charge in [-0.15, -0.1) is 0 Å². The normalized spacial score (nSPS) is 12.2. The van der Waals surface area contributed by atoms with Crippen LogP contribution >= 0.6 is 11.6 Å². The first kappa shape index (κ1) is 14.7. The number of nitrogens with one attached hydrogen (secondary N) is 1. The van der Waals surface area contributed by atoms with Crippen LogP contribution in [-0.2, 0) is 6.54 Å². The van der Waals surface area contributed by atoms with Crippen molar-refractivity contribution in [3.8, 4) is 11.5 Å². The summed E-state index contributed by atoms with van der Waals surface area (Å²) >= 11 is 6.18. The molecule has 0 aliphatic rings. The van der Waals surface area contributed by atoms with Crippen LogP contribution in [0.25, 0.3) is 0 Å². The van der Waals surface area contributed by atoms with Gasteiger partial charge in [-0.2, -0.15) is 0 Å². The maximum atomic E-state index is 9.56. The summed E-state index contributed by atoms with van der Waals surface area (Å²) in [4.78, 5) is 0. The number of hydrogen-bond acceptors (Lipinski definition) is 3. The number of phenols is 1. The SMILES string of the molecule is COc1cc(CN[C@@H](C)c2ccccc2Cl)ccc1O. The fraction of sp³-hybridized carbons (Fsp3) is 0.250. The molecular formula is C16H18ClNO2. The fourth-order valence-electron chi connectivity index (χ4n) is 2.04. The molecule has 0 saturated heterocycles. The van der Waals surface area contributed by atoms with E-state index in [4.69, 9.17) is 16.3 Å². The minimum atomic E-state index is 0.142. The van der Waals surface area contributed by atoms with Crippen LogP contribution in [0.3, 0.4) is 0 Å². The Bertz CT molecular complexity index is 586. The van der Waals surface area contributed by atoms with Crippen molar-refractivity contribution in [3.63, 3.8) is 0 Å². The van der Waals surface area contributed by atoms with Gasteiger partial charge in [-0.3, -0.25) is 0 Å². The molecule has 4 heteroatoms. The maximum absolute atomic E-state index is 9.56. The highest BCUT2D eigenvalue weighted by Gasteiger charge is 2.09. The Morgan fingerprint density at radius 2 is 2.00 bits per heavy atom. The summed E-state index contributed by atoms with van der Waals surface area (Å²) in [5.74, 6) is 0.630. The van der Waals surface area contributed by atoms with Crippen molar-refractivity contribution in [2.75, 3.05) is 7.11 Å². The predicted octanol–water partition coefficient (Wildman–Crippen LogP) is 3.91. The van der Waals surface area contributed by atoms with Crippen LogP contribution in [0.5, 0.6) is 11.5 Å². The first-order chi connectivity index (χ1) is 9.61. The number of hydrogen-bond donors (Lipinski definition) is 2. The fourth-order valence-corrected chi connectivity index (χ4v) is 2.34. The van der Waals surface area contributed by atoms with Crippen LogP contribution in [-0.4, -0.2) is 12.2 Å². The molecule has 1 atom stereocenters. The zero-order chi connectivity index (χ0) is 14.5. The topological polar surface area (TPSA) is 41.5 Å². The van der Waals surface area contributed by atoms with E-state index in [0.717, 1.165) is 16.1 Å². The lowest BCUT2D eigenvalue weighted by atomic mass is 10.1. The van der Waals surface area contributed by atoms with E-state index >= 15 is 0 Å². The first-order valence-electron chi connectivity index (χ1n) is 6.45. The molecule has 0 aliphatic heterocycles. The van der Waals surface area contributed by atoms with Crippen LogP contribution in [0, 0.1) is 0 Å². The van der Waals surface area contributed by atoms with Crippen molar-refractivity contribution < 1.29 is 9.84 Å². The number of ether oxygens (including phenoxy) is 1. The summed E-state index contributed by atoms with van der Waals surface area (Å²) in [7, 11) is 1.54. The molecule has 0 aliphatic carbocycles. The average Bonchev–Trinajstić information content (AvgIpc) is 2.46. The van der Waals surface area contributed by atoms with E-state index in [2.05, 4.69) is 12.2 Å². The van der Waals surface area contributed by atoms with Crippen molar-refractivity contribution in [2.24, 2.45) is 0 Å². The van der Waals surface area contributed by atoms with Gasteiger partial charge >= 0.3 is 0 Å². The summed E-state index contributed by atoms with van der Waals surface area (Å²) in [5.41, 5.74) is 2.11. The summed E-state index contributed by atoms with van der Waals surface area (Å²) in [6.07, 6.45) is 0. The van der Waals surface area contributed by atoms with Crippen molar-refractivity contribution in [1.29, 1.82) is 0 Å². The molecule has 0 bridgehead atoms. The summed E-state index contributed by atoms with van der Waals surface area (Å²) in [5, 5.41) is 13.7. The Kier molecular flexibility index (Phi) is 4.88. The van der Waals surface area contributed by atoms with Gasteiger partial charge in [0.15, 0.2) is 11.5 Å². The van der Waals surface area contributed by atoms with Gasteiger partial charge in [0.05, 0.1) is 7.11 Å². The van der Waals surface area contributed by atoms with Gasteiger partial charge in [0.25, 0.3) is 0 Å². The number of methoxy groups -OCH3 is 1. The second-order valence-electron chi connectivity index (χ2n) is 4.63. The Morgan fingerprint density at radius 3 is 2.70 bits per heavy atom. The van der Waals surface area contributed by atoms with E-state index in [9.17, 15) is 5.11 Å². The molecule has 2 aromatic rings. The lowest BCUT2D eigenvalue weighted by molar-refractivity contribution is 0.372. The van der Waals surface area contributed by atoms with E-state index in [-0.39, 0.29) is 11.8 Å². The molecule has 0 unspecified atom stereocenters. The van der Waals surface area contributed by atoms with Gasteiger partial charge < -0.3 is 15.2 Å². The third kappa shape index (κ3) is 3.44. The standard InChI is InChI=1S/C16H18ClNO2/c1-11(13-5-3-4-6-14(13)17)18-10-12-7-8-15(19)16(9-12)20-2/h3-9,11,18-19H,10H2,1-2H3/t11-/m0/s1. The van der Waals surface area contributed by atoms with Gasteiger partial charge in [0.2, 0.25) is 0 Å². The second kappa shape index (κ2) is 6.64. The third-order valence-electron chi connectivity index (χ3n) is 3.23. The largest absolute Gasteiger partial charge is 0.504 e. The van der Waals surface area contributed by atoms with Crippen LogP contribution in [0.1, 0.15) is 24.1 Å². The van der Waals surface area contributed by atoms with Crippen LogP contribution < -0.4 is 10.1 Å². The number of aromatic hydroxyl groups is 1. The van der Waals surface area contributed by atoms with E-state index in [1.807, 2.05) is 36.4 Å². The summed E-state index contributed by atoms with van der Waals surface area (Å²) in [6, 6.07) is 13.3. The van der Waals surface area contributed by atoms with E-state index < -0.39 is 0 Å². The Labute approximate surface area is 124 Å². The molecule has 2 rings (SSSR count). The van der Waals surface area contributed by atoms with Gasteiger partial charge in [0, 0.05) is 17.6 Å². The van der Waals surface area contributed by atoms with Crippen LogP contribution in [0.4, 0.5) is 0 Å². The van der Waals surface area contributed by atoms with Crippen molar-refractivity contribution in [2.45, 2.75) is 19.5 Å². The van der Waals surface area contributed by atoms with Crippen LogP contribution in [0.15, 0.2) is 42.5 Å². The maximum Gasteiger partial charge on any atom is 0.160 e. The molecule has 2 aromatic carbocycles. The molecule has 106 valence electrons. The lowest BCUT2D eigenvalue weighted by Gasteiger charge is -2.16. The minimum absolute atomic E-state index is 0.142. The molecule has 0 fully saturated rings. The average molecular weight is 292 g/mol. The van der Waals surface area contributed by atoms with Gasteiger partial charge in [-0.05, 0) is 36.2 Å². The summed E-state index contributed by atoms with van der Waals surface area (Å²) in [6.45, 7) is 2.74. The number of halogens is 1. The van der Waals surface area contributed by atoms with Crippen molar-refractivity contribution in [3.05, 3.63) is 58.6 Å². The van der Waals surface area contributed by atoms with Gasteiger partial charge in [-0.1, -0.05) is 35.9 Å². The van der Waals surface area contributed by atoms with Gasteiger partial charge in [-0.25, -0.2) is 0 Å². The smallest absolute Gasteiger partial charge is 0.160 e. The zero-order valence-corrected chi connectivity index (χ0v) is 12.3. The Balaban J connectivity index is 2.03. The number of benzene rings is 2. The van der Waals surface area contributed by atoms with Gasteiger partial charge in [0.1, 0.15) is 0 Å². The summed E-state index contributed by atoms with van der Waals surface area (Å²) < 4.78 is 5.10. The lowest BCUT2D eigenvalue weighted by Crippen LogP contribution is -2.18. The quantitative estimate of drug-likeness (QED) is 0.878. The molecule has 0 amide bonds. The van der Waals surface area contributed by atoms with E-state index in [0.29, 0.717) is 12.3 Å². The molecule has 0 heterocycles. The highest BCUT2D eigenvalue weighted by molar-refractivity contribution is 6.31. The molecule has 3 nitrogen and oxygen atoms in total. The molecular weight excluding hydrogens is 274 g/mol. The van der Waals surface area contributed by atoms with Crippen molar-refractivity contribution in [1.82, 2.24) is 5.32 Å². The Hall–Kier alpha value is -1.71. The molecule has 0 aromatic heterocycles. The zero-order valence-electron chi connectivity index (χ0n) is 11.6. The molecule has 0 radical (unpaired) electrons.